The van der Waals surface area contributed by atoms with Crippen LogP contribution in [-0.2, 0) is 11.4 Å². The highest BCUT2D eigenvalue weighted by Crippen LogP contribution is 2.24. The van der Waals surface area contributed by atoms with E-state index < -0.39 is 17.6 Å². The van der Waals surface area contributed by atoms with Gasteiger partial charge in [0, 0.05) is 6.20 Å². The van der Waals surface area contributed by atoms with E-state index >= 15 is 0 Å². The van der Waals surface area contributed by atoms with Crippen molar-refractivity contribution in [1.82, 2.24) is 4.98 Å². The van der Waals surface area contributed by atoms with Gasteiger partial charge in [-0.2, -0.15) is 0 Å². The van der Waals surface area contributed by atoms with Gasteiger partial charge in [-0.05, 0) is 60.2 Å². The van der Waals surface area contributed by atoms with Gasteiger partial charge < -0.3 is 20.1 Å². The molecule has 0 aliphatic rings. The van der Waals surface area contributed by atoms with Crippen LogP contribution in [0.4, 0.5) is 15.8 Å². The Morgan fingerprint density at radius 3 is 2.20 bits per heavy atom. The van der Waals surface area contributed by atoms with Gasteiger partial charge >= 0.3 is 0 Å². The zero-order valence-electron chi connectivity index (χ0n) is 18.6. The fourth-order valence-corrected chi connectivity index (χ4v) is 3.12. The van der Waals surface area contributed by atoms with Crippen molar-refractivity contribution in [3.05, 3.63) is 114 Å². The lowest BCUT2D eigenvalue weighted by atomic mass is 10.2. The Balaban J connectivity index is 1.31. The number of hydrogen-bond donors (Lipinski definition) is 2. The molecule has 3 aromatic carbocycles. The molecule has 4 rings (SSSR count). The van der Waals surface area contributed by atoms with Gasteiger partial charge in [0.05, 0.1) is 11.4 Å². The second-order valence-corrected chi connectivity index (χ2v) is 7.44. The van der Waals surface area contributed by atoms with Gasteiger partial charge in [-0.25, -0.2) is 4.39 Å². The number of nitrogens with one attached hydrogen (secondary N) is 2. The molecule has 0 spiro atoms. The molecule has 2 N–H and O–H groups in total. The fourth-order valence-electron chi connectivity index (χ4n) is 3.12. The minimum Gasteiger partial charge on any atom is -0.489 e. The number of ether oxygens (including phenoxy) is 2. The molecule has 1 heterocycles. The molecular weight excluding hydrogens is 449 g/mol. The summed E-state index contributed by atoms with van der Waals surface area (Å²) in [5.41, 5.74) is 1.58. The van der Waals surface area contributed by atoms with E-state index in [1.807, 2.05) is 30.3 Å². The van der Waals surface area contributed by atoms with Crippen LogP contribution in [-0.4, -0.2) is 23.4 Å². The van der Waals surface area contributed by atoms with Gasteiger partial charge in [0.1, 0.15) is 29.6 Å². The number of carbonyl (C=O) groups is 2. The number of nitrogens with zero attached hydrogens (tertiary/aromatic N) is 1. The minimum absolute atomic E-state index is 0.104. The number of aromatic nitrogens is 1. The third-order valence-corrected chi connectivity index (χ3v) is 4.84. The SMILES string of the molecule is O=C(COc1ccc(OCc2ccccc2)cc1)Nc1cc(F)ccc1NC(=O)c1ccccn1. The zero-order valence-corrected chi connectivity index (χ0v) is 18.6. The van der Waals surface area contributed by atoms with E-state index in [1.54, 1.807) is 42.5 Å². The summed E-state index contributed by atoms with van der Waals surface area (Å²) in [4.78, 5) is 28.8. The summed E-state index contributed by atoms with van der Waals surface area (Å²) in [7, 11) is 0. The average molecular weight is 471 g/mol. The van der Waals surface area contributed by atoms with Crippen LogP contribution in [0.5, 0.6) is 11.5 Å². The molecule has 0 atom stereocenters. The van der Waals surface area contributed by atoms with E-state index in [4.69, 9.17) is 9.47 Å². The van der Waals surface area contributed by atoms with Crippen molar-refractivity contribution in [2.75, 3.05) is 17.2 Å². The summed E-state index contributed by atoms with van der Waals surface area (Å²) >= 11 is 0. The maximum atomic E-state index is 13.8. The summed E-state index contributed by atoms with van der Waals surface area (Å²) in [5.74, 6) is -0.441. The van der Waals surface area contributed by atoms with E-state index in [0.717, 1.165) is 11.6 Å². The second-order valence-electron chi connectivity index (χ2n) is 7.44. The standard InChI is InChI=1S/C27H22FN3O4/c28-20-9-14-23(31-27(33)24-8-4-5-15-29-24)25(16-20)30-26(32)18-35-22-12-10-21(11-13-22)34-17-19-6-2-1-3-7-19/h1-16H,17-18H2,(H,30,32)(H,31,33). The molecule has 0 radical (unpaired) electrons. The topological polar surface area (TPSA) is 89.5 Å². The normalized spacial score (nSPS) is 10.3. The summed E-state index contributed by atoms with van der Waals surface area (Å²) in [5, 5.41) is 5.19. The van der Waals surface area contributed by atoms with Gasteiger partial charge in [0.25, 0.3) is 11.8 Å². The van der Waals surface area contributed by atoms with Gasteiger partial charge in [0.2, 0.25) is 0 Å². The number of carbonyl (C=O) groups excluding carboxylic acids is 2. The van der Waals surface area contributed by atoms with Gasteiger partial charge in [-0.15, -0.1) is 0 Å². The molecule has 7 nitrogen and oxygen atoms in total. The van der Waals surface area contributed by atoms with Crippen molar-refractivity contribution < 1.29 is 23.5 Å². The first kappa shape index (κ1) is 23.4. The molecule has 176 valence electrons. The zero-order chi connectivity index (χ0) is 24.5. The Morgan fingerprint density at radius 2 is 1.49 bits per heavy atom. The summed E-state index contributed by atoms with van der Waals surface area (Å²) in [6.07, 6.45) is 1.49. The molecule has 0 aliphatic carbocycles. The number of hydrogen-bond acceptors (Lipinski definition) is 5. The molecule has 0 fully saturated rings. The lowest BCUT2D eigenvalue weighted by Crippen LogP contribution is -2.22. The van der Waals surface area contributed by atoms with E-state index in [0.29, 0.717) is 18.1 Å². The number of pyridine rings is 1. The molecule has 35 heavy (non-hydrogen) atoms. The number of amides is 2. The smallest absolute Gasteiger partial charge is 0.274 e. The highest BCUT2D eigenvalue weighted by Gasteiger charge is 2.13. The van der Waals surface area contributed by atoms with E-state index in [-0.39, 0.29) is 23.7 Å². The predicted octanol–water partition coefficient (Wildman–Crippen LogP) is 5.07. The maximum absolute atomic E-state index is 13.8. The van der Waals surface area contributed by atoms with Crippen molar-refractivity contribution >= 4 is 23.2 Å². The first-order valence-corrected chi connectivity index (χ1v) is 10.8. The highest BCUT2D eigenvalue weighted by molar-refractivity contribution is 6.06. The molecule has 0 bridgehead atoms. The lowest BCUT2D eigenvalue weighted by molar-refractivity contribution is -0.118. The van der Waals surface area contributed by atoms with Crippen LogP contribution in [0.15, 0.2) is 97.2 Å². The van der Waals surface area contributed by atoms with Crippen LogP contribution in [0, 0.1) is 5.82 Å². The summed E-state index contributed by atoms with van der Waals surface area (Å²) in [6.45, 7) is 0.130. The molecular formula is C27H22FN3O4. The third-order valence-electron chi connectivity index (χ3n) is 4.84. The quantitative estimate of drug-likeness (QED) is 0.356. The van der Waals surface area contributed by atoms with Gasteiger partial charge in [-0.1, -0.05) is 36.4 Å². The number of rotatable bonds is 9. The van der Waals surface area contributed by atoms with Crippen LogP contribution in [0.1, 0.15) is 16.1 Å². The van der Waals surface area contributed by atoms with Gasteiger partial charge in [-0.3, -0.25) is 14.6 Å². The molecule has 4 aromatic rings. The molecule has 0 unspecified atom stereocenters. The van der Waals surface area contributed by atoms with Crippen molar-refractivity contribution in [3.63, 3.8) is 0 Å². The largest absolute Gasteiger partial charge is 0.489 e. The van der Waals surface area contributed by atoms with Crippen LogP contribution in [0.2, 0.25) is 0 Å². The molecule has 0 aliphatic heterocycles. The van der Waals surface area contributed by atoms with Crippen molar-refractivity contribution in [2.45, 2.75) is 6.61 Å². The molecule has 2 amide bonds. The Bertz CT molecular complexity index is 1280. The lowest BCUT2D eigenvalue weighted by Gasteiger charge is -2.13. The molecule has 1 aromatic heterocycles. The maximum Gasteiger partial charge on any atom is 0.274 e. The molecule has 0 saturated carbocycles. The van der Waals surface area contributed by atoms with Crippen molar-refractivity contribution in [3.8, 4) is 11.5 Å². The predicted molar refractivity (Wildman–Crippen MR) is 130 cm³/mol. The van der Waals surface area contributed by atoms with Crippen LogP contribution in [0.3, 0.4) is 0 Å². The minimum atomic E-state index is -0.567. The van der Waals surface area contributed by atoms with Gasteiger partial charge in [0.15, 0.2) is 6.61 Å². The van der Waals surface area contributed by atoms with Crippen molar-refractivity contribution in [2.24, 2.45) is 0 Å². The average Bonchev–Trinajstić information content (AvgIpc) is 2.89. The monoisotopic (exact) mass is 471 g/mol. The summed E-state index contributed by atoms with van der Waals surface area (Å²) in [6, 6.07) is 25.2. The van der Waals surface area contributed by atoms with Crippen LogP contribution in [0.25, 0.3) is 0 Å². The van der Waals surface area contributed by atoms with E-state index in [2.05, 4.69) is 15.6 Å². The van der Waals surface area contributed by atoms with E-state index in [9.17, 15) is 14.0 Å². The van der Waals surface area contributed by atoms with E-state index in [1.165, 1.54) is 18.3 Å². The first-order valence-electron chi connectivity index (χ1n) is 10.8. The number of anilines is 2. The second kappa shape index (κ2) is 11.4. The van der Waals surface area contributed by atoms with Crippen molar-refractivity contribution in [1.29, 1.82) is 0 Å². The number of benzene rings is 3. The first-order chi connectivity index (χ1) is 17.1. The Labute approximate surface area is 201 Å². The fraction of sp³-hybridized carbons (Fsp3) is 0.0741. The third kappa shape index (κ3) is 6.88. The van der Waals surface area contributed by atoms with Crippen LogP contribution >= 0.6 is 0 Å². The summed E-state index contributed by atoms with van der Waals surface area (Å²) < 4.78 is 25.0. The highest BCUT2D eigenvalue weighted by atomic mass is 19.1. The van der Waals surface area contributed by atoms with Crippen LogP contribution < -0.4 is 20.1 Å². The Kier molecular flexibility index (Phi) is 7.65. The Morgan fingerprint density at radius 1 is 0.771 bits per heavy atom. The molecule has 0 saturated heterocycles. The number of halogens is 1. The molecule has 8 heteroatoms. The Hall–Kier alpha value is -4.72.